The number of benzene rings is 1. The first-order valence-corrected chi connectivity index (χ1v) is 7.16. The Balaban J connectivity index is 2.17. The SMILES string of the molecule is CCc1oc2ccccc2c1C=C1SC(=S)NC1=O. The Morgan fingerprint density at radius 1 is 1.42 bits per heavy atom. The molecular weight excluding hydrogens is 278 g/mol. The van der Waals surface area contributed by atoms with Crippen LogP contribution in [0.1, 0.15) is 18.2 Å². The van der Waals surface area contributed by atoms with E-state index in [4.69, 9.17) is 16.6 Å². The number of fused-ring (bicyclic) bond motifs is 1. The quantitative estimate of drug-likeness (QED) is 0.679. The molecule has 1 saturated heterocycles. The number of nitrogens with one attached hydrogen (secondary N) is 1. The highest BCUT2D eigenvalue weighted by Gasteiger charge is 2.23. The lowest BCUT2D eigenvalue weighted by Gasteiger charge is -1.95. The number of thiocarbonyl (C=S) groups is 1. The Morgan fingerprint density at radius 3 is 2.89 bits per heavy atom. The van der Waals surface area contributed by atoms with Crippen molar-refractivity contribution in [1.82, 2.24) is 5.32 Å². The lowest BCUT2D eigenvalue weighted by Crippen LogP contribution is -2.17. The van der Waals surface area contributed by atoms with Gasteiger partial charge in [-0.05, 0) is 12.1 Å². The molecular formula is C14H11NO2S2. The van der Waals surface area contributed by atoms with E-state index >= 15 is 0 Å². The summed E-state index contributed by atoms with van der Waals surface area (Å²) in [5.41, 5.74) is 1.82. The summed E-state index contributed by atoms with van der Waals surface area (Å²) in [4.78, 5) is 12.3. The van der Waals surface area contributed by atoms with Crippen molar-refractivity contribution in [2.45, 2.75) is 13.3 Å². The molecule has 0 spiro atoms. The molecule has 0 unspecified atom stereocenters. The Kier molecular flexibility index (Phi) is 3.16. The van der Waals surface area contributed by atoms with E-state index in [1.54, 1.807) is 0 Å². The zero-order valence-corrected chi connectivity index (χ0v) is 11.9. The van der Waals surface area contributed by atoms with E-state index in [1.165, 1.54) is 11.8 Å². The number of carbonyl (C=O) groups is 1. The van der Waals surface area contributed by atoms with Gasteiger partial charge in [0.25, 0.3) is 5.91 Å². The molecule has 1 N–H and O–H groups in total. The van der Waals surface area contributed by atoms with Crippen LogP contribution in [-0.4, -0.2) is 10.2 Å². The maximum absolute atomic E-state index is 11.7. The molecule has 0 atom stereocenters. The van der Waals surface area contributed by atoms with Crippen molar-refractivity contribution in [2.24, 2.45) is 0 Å². The van der Waals surface area contributed by atoms with Gasteiger partial charge in [-0.15, -0.1) is 0 Å². The molecule has 1 amide bonds. The van der Waals surface area contributed by atoms with Gasteiger partial charge in [0.1, 0.15) is 15.7 Å². The first kappa shape index (κ1) is 12.4. The fourth-order valence-electron chi connectivity index (χ4n) is 2.09. The van der Waals surface area contributed by atoms with Crippen LogP contribution in [0.3, 0.4) is 0 Å². The van der Waals surface area contributed by atoms with Crippen molar-refractivity contribution in [3.8, 4) is 0 Å². The molecule has 19 heavy (non-hydrogen) atoms. The Morgan fingerprint density at radius 2 is 2.21 bits per heavy atom. The van der Waals surface area contributed by atoms with Gasteiger partial charge in [-0.1, -0.05) is 49.1 Å². The lowest BCUT2D eigenvalue weighted by molar-refractivity contribution is -0.115. The second-order valence-corrected chi connectivity index (χ2v) is 5.86. The topological polar surface area (TPSA) is 42.2 Å². The Labute approximate surface area is 120 Å². The number of para-hydroxylation sites is 1. The number of amides is 1. The summed E-state index contributed by atoms with van der Waals surface area (Å²) >= 11 is 6.28. The predicted octanol–water partition coefficient (Wildman–Crippen LogP) is 3.48. The number of furan rings is 1. The van der Waals surface area contributed by atoms with Crippen LogP contribution in [0.2, 0.25) is 0 Å². The molecule has 2 heterocycles. The van der Waals surface area contributed by atoms with E-state index in [0.717, 1.165) is 28.7 Å². The molecule has 1 fully saturated rings. The average Bonchev–Trinajstić information content (AvgIpc) is 2.91. The summed E-state index contributed by atoms with van der Waals surface area (Å²) in [5.74, 6) is 0.752. The van der Waals surface area contributed by atoms with Gasteiger partial charge in [-0.25, -0.2) is 0 Å². The minimum absolute atomic E-state index is 0.137. The molecule has 1 aromatic carbocycles. The third-order valence-electron chi connectivity index (χ3n) is 2.95. The van der Waals surface area contributed by atoms with Crippen LogP contribution in [-0.2, 0) is 11.2 Å². The first-order valence-electron chi connectivity index (χ1n) is 5.94. The third-order valence-corrected chi connectivity index (χ3v) is 4.11. The Bertz CT molecular complexity index is 715. The predicted molar refractivity (Wildman–Crippen MR) is 81.9 cm³/mol. The van der Waals surface area contributed by atoms with Crippen molar-refractivity contribution in [2.75, 3.05) is 0 Å². The molecule has 0 bridgehead atoms. The summed E-state index contributed by atoms with van der Waals surface area (Å²) in [6.45, 7) is 2.03. The summed E-state index contributed by atoms with van der Waals surface area (Å²) in [7, 11) is 0. The van der Waals surface area contributed by atoms with Crippen molar-refractivity contribution in [3.63, 3.8) is 0 Å². The highest BCUT2D eigenvalue weighted by molar-refractivity contribution is 8.26. The van der Waals surface area contributed by atoms with Crippen molar-refractivity contribution < 1.29 is 9.21 Å². The largest absolute Gasteiger partial charge is 0.460 e. The van der Waals surface area contributed by atoms with Crippen LogP contribution in [0.5, 0.6) is 0 Å². The van der Waals surface area contributed by atoms with Gasteiger partial charge in [-0.2, -0.15) is 0 Å². The number of carbonyl (C=O) groups excluding carboxylic acids is 1. The zero-order chi connectivity index (χ0) is 13.4. The number of thioether (sulfide) groups is 1. The summed E-state index contributed by atoms with van der Waals surface area (Å²) in [6.07, 6.45) is 2.65. The standard InChI is InChI=1S/C14H11NO2S2/c1-2-10-9(7-12-13(16)15-14(18)19-12)8-5-3-4-6-11(8)17-10/h3-7H,2H2,1H3,(H,15,16,18). The van der Waals surface area contributed by atoms with Crippen LogP contribution in [0.15, 0.2) is 33.6 Å². The normalized spacial score (nSPS) is 17.4. The Hall–Kier alpha value is -1.59. The molecule has 3 rings (SSSR count). The van der Waals surface area contributed by atoms with Crippen LogP contribution in [0.25, 0.3) is 17.0 Å². The zero-order valence-electron chi connectivity index (χ0n) is 10.2. The van der Waals surface area contributed by atoms with Crippen LogP contribution >= 0.6 is 24.0 Å². The number of hydrogen-bond donors (Lipinski definition) is 1. The van der Waals surface area contributed by atoms with Gasteiger partial charge in [0.15, 0.2) is 0 Å². The van der Waals surface area contributed by atoms with Crippen molar-refractivity contribution >= 4 is 51.3 Å². The van der Waals surface area contributed by atoms with Gasteiger partial charge in [-0.3, -0.25) is 4.79 Å². The molecule has 1 aliphatic heterocycles. The number of aryl methyl sites for hydroxylation is 1. The third kappa shape index (κ3) is 2.19. The fraction of sp³-hybridized carbons (Fsp3) is 0.143. The summed E-state index contributed by atoms with van der Waals surface area (Å²) < 4.78 is 6.30. The first-order chi connectivity index (χ1) is 9.19. The second kappa shape index (κ2) is 4.83. The van der Waals surface area contributed by atoms with Gasteiger partial charge >= 0.3 is 0 Å². The van der Waals surface area contributed by atoms with E-state index in [9.17, 15) is 4.79 Å². The molecule has 2 aromatic rings. The molecule has 0 aliphatic carbocycles. The highest BCUT2D eigenvalue weighted by Crippen LogP contribution is 2.32. The maximum atomic E-state index is 11.7. The number of rotatable bonds is 2. The minimum Gasteiger partial charge on any atom is -0.460 e. The molecule has 0 radical (unpaired) electrons. The molecule has 5 heteroatoms. The fourth-order valence-corrected chi connectivity index (χ4v) is 3.12. The minimum atomic E-state index is -0.137. The average molecular weight is 289 g/mol. The number of hydrogen-bond acceptors (Lipinski definition) is 4. The summed E-state index contributed by atoms with van der Waals surface area (Å²) in [6, 6.07) is 7.84. The van der Waals surface area contributed by atoms with Gasteiger partial charge in [0, 0.05) is 17.4 Å². The van der Waals surface area contributed by atoms with Crippen molar-refractivity contribution in [1.29, 1.82) is 0 Å². The molecule has 3 nitrogen and oxygen atoms in total. The second-order valence-electron chi connectivity index (χ2n) is 4.14. The van der Waals surface area contributed by atoms with Crippen molar-refractivity contribution in [3.05, 3.63) is 40.5 Å². The van der Waals surface area contributed by atoms with Gasteiger partial charge in [0.2, 0.25) is 0 Å². The van der Waals surface area contributed by atoms with Gasteiger partial charge in [0.05, 0.1) is 4.91 Å². The molecule has 0 saturated carbocycles. The van der Waals surface area contributed by atoms with E-state index in [-0.39, 0.29) is 5.91 Å². The molecule has 1 aromatic heterocycles. The van der Waals surface area contributed by atoms with Gasteiger partial charge < -0.3 is 9.73 Å². The van der Waals surface area contributed by atoms with E-state index in [1.807, 2.05) is 37.3 Å². The lowest BCUT2D eigenvalue weighted by atomic mass is 10.1. The molecule has 96 valence electrons. The monoisotopic (exact) mass is 289 g/mol. The van der Waals surface area contributed by atoms with E-state index < -0.39 is 0 Å². The van der Waals surface area contributed by atoms with E-state index in [0.29, 0.717) is 9.23 Å². The molecule has 1 aliphatic rings. The smallest absolute Gasteiger partial charge is 0.263 e. The van der Waals surface area contributed by atoms with Crippen LogP contribution in [0, 0.1) is 0 Å². The van der Waals surface area contributed by atoms with E-state index in [2.05, 4.69) is 5.32 Å². The van der Waals surface area contributed by atoms with Crippen LogP contribution in [0.4, 0.5) is 0 Å². The summed E-state index contributed by atoms with van der Waals surface area (Å²) in [5, 5.41) is 3.65. The van der Waals surface area contributed by atoms with Crippen LogP contribution < -0.4 is 5.32 Å². The maximum Gasteiger partial charge on any atom is 0.263 e. The highest BCUT2D eigenvalue weighted by atomic mass is 32.2.